The van der Waals surface area contributed by atoms with Crippen molar-refractivity contribution in [2.45, 2.75) is 12.8 Å². The van der Waals surface area contributed by atoms with Gasteiger partial charge in [0, 0.05) is 23.2 Å². The van der Waals surface area contributed by atoms with E-state index in [1.165, 1.54) is 22.5 Å². The molecule has 3 heteroatoms. The molecule has 1 unspecified atom stereocenters. The Bertz CT molecular complexity index is 521. The van der Waals surface area contributed by atoms with Gasteiger partial charge in [0.15, 0.2) is 0 Å². The van der Waals surface area contributed by atoms with Crippen LogP contribution in [0.2, 0.25) is 0 Å². The van der Waals surface area contributed by atoms with Crippen LogP contribution in [0.4, 0.5) is 5.69 Å². The maximum atomic E-state index is 5.25. The SMILES string of the molecule is COc1ccc2c(c1)NCC(Cc1cccs1)C2. The maximum Gasteiger partial charge on any atom is 0.120 e. The van der Waals surface area contributed by atoms with Crippen LogP contribution in [-0.4, -0.2) is 13.7 Å². The Balaban J connectivity index is 1.73. The van der Waals surface area contributed by atoms with E-state index in [2.05, 4.69) is 35.0 Å². The summed E-state index contributed by atoms with van der Waals surface area (Å²) in [6, 6.07) is 10.7. The van der Waals surface area contributed by atoms with Crippen molar-refractivity contribution in [3.05, 3.63) is 46.2 Å². The van der Waals surface area contributed by atoms with Crippen LogP contribution >= 0.6 is 11.3 Å². The van der Waals surface area contributed by atoms with Crippen LogP contribution in [0.3, 0.4) is 0 Å². The molecule has 0 saturated heterocycles. The van der Waals surface area contributed by atoms with Crippen molar-refractivity contribution in [2.75, 3.05) is 19.0 Å². The van der Waals surface area contributed by atoms with Gasteiger partial charge in [-0.15, -0.1) is 11.3 Å². The van der Waals surface area contributed by atoms with E-state index in [1.807, 2.05) is 17.4 Å². The molecule has 0 radical (unpaired) electrons. The number of rotatable bonds is 3. The van der Waals surface area contributed by atoms with Gasteiger partial charge in [0.2, 0.25) is 0 Å². The number of hydrogen-bond acceptors (Lipinski definition) is 3. The highest BCUT2D eigenvalue weighted by molar-refractivity contribution is 7.09. The van der Waals surface area contributed by atoms with Crippen LogP contribution in [0.15, 0.2) is 35.7 Å². The summed E-state index contributed by atoms with van der Waals surface area (Å²) in [7, 11) is 1.71. The second kappa shape index (κ2) is 5.02. The highest BCUT2D eigenvalue weighted by Crippen LogP contribution is 2.30. The zero-order chi connectivity index (χ0) is 12.4. The summed E-state index contributed by atoms with van der Waals surface area (Å²) in [5, 5.41) is 5.68. The summed E-state index contributed by atoms with van der Waals surface area (Å²) in [5.41, 5.74) is 2.64. The van der Waals surface area contributed by atoms with E-state index in [0.717, 1.165) is 18.7 Å². The largest absolute Gasteiger partial charge is 0.497 e. The van der Waals surface area contributed by atoms with E-state index in [-0.39, 0.29) is 0 Å². The van der Waals surface area contributed by atoms with Crippen LogP contribution < -0.4 is 10.1 Å². The molecule has 18 heavy (non-hydrogen) atoms. The smallest absolute Gasteiger partial charge is 0.120 e. The number of hydrogen-bond donors (Lipinski definition) is 1. The molecular formula is C15H17NOS. The second-order valence-corrected chi connectivity index (χ2v) is 5.79. The Morgan fingerprint density at radius 1 is 1.39 bits per heavy atom. The van der Waals surface area contributed by atoms with Gasteiger partial charge >= 0.3 is 0 Å². The Labute approximate surface area is 112 Å². The molecule has 2 heterocycles. The molecule has 1 aromatic carbocycles. The first kappa shape index (κ1) is 11.6. The first-order chi connectivity index (χ1) is 8.85. The van der Waals surface area contributed by atoms with Gasteiger partial charge in [0.1, 0.15) is 5.75 Å². The first-order valence-corrected chi connectivity index (χ1v) is 7.16. The van der Waals surface area contributed by atoms with Gasteiger partial charge in [-0.05, 0) is 41.8 Å². The molecule has 94 valence electrons. The fourth-order valence-electron chi connectivity index (χ4n) is 2.52. The van der Waals surface area contributed by atoms with E-state index in [1.54, 1.807) is 7.11 Å². The Hall–Kier alpha value is -1.48. The van der Waals surface area contributed by atoms with Gasteiger partial charge in [-0.1, -0.05) is 12.1 Å². The topological polar surface area (TPSA) is 21.3 Å². The number of fused-ring (bicyclic) bond motifs is 1. The summed E-state index contributed by atoms with van der Waals surface area (Å²) in [4.78, 5) is 1.48. The molecule has 1 atom stereocenters. The molecule has 0 aliphatic carbocycles. The predicted octanol–water partition coefficient (Wildman–Crippen LogP) is 3.58. The number of nitrogens with one attached hydrogen (secondary N) is 1. The van der Waals surface area contributed by atoms with Crippen molar-refractivity contribution < 1.29 is 4.74 Å². The van der Waals surface area contributed by atoms with Crippen molar-refractivity contribution in [1.29, 1.82) is 0 Å². The lowest BCUT2D eigenvalue weighted by molar-refractivity contribution is 0.414. The average molecular weight is 259 g/mol. The van der Waals surface area contributed by atoms with Crippen molar-refractivity contribution in [2.24, 2.45) is 5.92 Å². The molecule has 1 N–H and O–H groups in total. The molecule has 1 aliphatic rings. The number of thiophene rings is 1. The van der Waals surface area contributed by atoms with Gasteiger partial charge in [0.25, 0.3) is 0 Å². The Kier molecular flexibility index (Phi) is 3.24. The van der Waals surface area contributed by atoms with Crippen molar-refractivity contribution in [1.82, 2.24) is 0 Å². The molecule has 1 aliphatic heterocycles. The first-order valence-electron chi connectivity index (χ1n) is 6.28. The summed E-state index contributed by atoms with van der Waals surface area (Å²) in [5.74, 6) is 1.63. The molecule has 0 amide bonds. The third-order valence-corrected chi connectivity index (χ3v) is 4.38. The highest BCUT2D eigenvalue weighted by atomic mass is 32.1. The summed E-state index contributed by atoms with van der Waals surface area (Å²) >= 11 is 1.86. The van der Waals surface area contributed by atoms with Crippen molar-refractivity contribution in [3.63, 3.8) is 0 Å². The summed E-state index contributed by atoms with van der Waals surface area (Å²) < 4.78 is 5.25. The van der Waals surface area contributed by atoms with Crippen LogP contribution in [0.25, 0.3) is 0 Å². The Morgan fingerprint density at radius 2 is 2.33 bits per heavy atom. The van der Waals surface area contributed by atoms with Gasteiger partial charge < -0.3 is 10.1 Å². The lowest BCUT2D eigenvalue weighted by atomic mass is 9.91. The van der Waals surface area contributed by atoms with E-state index >= 15 is 0 Å². The summed E-state index contributed by atoms with van der Waals surface area (Å²) in [6.07, 6.45) is 2.33. The molecule has 0 saturated carbocycles. The lowest BCUT2D eigenvalue weighted by Gasteiger charge is -2.26. The second-order valence-electron chi connectivity index (χ2n) is 4.76. The minimum atomic E-state index is 0.699. The third kappa shape index (κ3) is 2.36. The molecular weight excluding hydrogens is 242 g/mol. The molecule has 0 spiro atoms. The lowest BCUT2D eigenvalue weighted by Crippen LogP contribution is -2.24. The van der Waals surface area contributed by atoms with E-state index < -0.39 is 0 Å². The maximum absolute atomic E-state index is 5.25. The normalized spacial score (nSPS) is 17.9. The Morgan fingerprint density at radius 3 is 3.11 bits per heavy atom. The molecule has 0 bridgehead atoms. The average Bonchev–Trinajstić information content (AvgIpc) is 2.91. The van der Waals surface area contributed by atoms with Gasteiger partial charge in [-0.3, -0.25) is 0 Å². The highest BCUT2D eigenvalue weighted by Gasteiger charge is 2.19. The van der Waals surface area contributed by atoms with Crippen molar-refractivity contribution >= 4 is 17.0 Å². The monoisotopic (exact) mass is 259 g/mol. The minimum absolute atomic E-state index is 0.699. The van der Waals surface area contributed by atoms with Crippen LogP contribution in [0.5, 0.6) is 5.75 Å². The fourth-order valence-corrected chi connectivity index (χ4v) is 3.34. The minimum Gasteiger partial charge on any atom is -0.497 e. The standard InChI is InChI=1S/C15H17NOS/c1-17-13-5-4-12-7-11(10-16-15(12)9-13)8-14-3-2-6-18-14/h2-6,9,11,16H,7-8,10H2,1H3. The van der Waals surface area contributed by atoms with Gasteiger partial charge in [-0.25, -0.2) is 0 Å². The number of benzene rings is 1. The van der Waals surface area contributed by atoms with E-state index in [0.29, 0.717) is 5.92 Å². The number of methoxy groups -OCH3 is 1. The van der Waals surface area contributed by atoms with E-state index in [9.17, 15) is 0 Å². The molecule has 3 rings (SSSR count). The molecule has 2 aromatic rings. The number of ether oxygens (including phenoxy) is 1. The van der Waals surface area contributed by atoms with Crippen LogP contribution in [0.1, 0.15) is 10.4 Å². The number of anilines is 1. The van der Waals surface area contributed by atoms with Gasteiger partial charge in [-0.2, -0.15) is 0 Å². The van der Waals surface area contributed by atoms with Crippen molar-refractivity contribution in [3.8, 4) is 5.75 Å². The molecule has 2 nitrogen and oxygen atoms in total. The van der Waals surface area contributed by atoms with Gasteiger partial charge in [0.05, 0.1) is 7.11 Å². The summed E-state index contributed by atoms with van der Waals surface area (Å²) in [6.45, 7) is 1.05. The zero-order valence-electron chi connectivity index (χ0n) is 10.5. The molecule has 1 aromatic heterocycles. The predicted molar refractivity (Wildman–Crippen MR) is 76.7 cm³/mol. The quantitative estimate of drug-likeness (QED) is 0.909. The van der Waals surface area contributed by atoms with Crippen LogP contribution in [-0.2, 0) is 12.8 Å². The third-order valence-electron chi connectivity index (χ3n) is 3.48. The van der Waals surface area contributed by atoms with Crippen LogP contribution in [0, 0.1) is 5.92 Å². The van der Waals surface area contributed by atoms with E-state index in [4.69, 9.17) is 4.74 Å². The zero-order valence-corrected chi connectivity index (χ0v) is 11.3. The fraction of sp³-hybridized carbons (Fsp3) is 0.333. The molecule has 0 fully saturated rings.